The van der Waals surface area contributed by atoms with Crippen molar-refractivity contribution in [2.75, 3.05) is 5.32 Å². The van der Waals surface area contributed by atoms with Gasteiger partial charge in [0.15, 0.2) is 0 Å². The lowest BCUT2D eigenvalue weighted by Crippen LogP contribution is -2.17. The highest BCUT2D eigenvalue weighted by Crippen LogP contribution is 2.23. The van der Waals surface area contributed by atoms with E-state index in [1.807, 2.05) is 0 Å². The summed E-state index contributed by atoms with van der Waals surface area (Å²) in [5.41, 5.74) is 0.938. The maximum absolute atomic E-state index is 12.0. The highest BCUT2D eigenvalue weighted by molar-refractivity contribution is 6.04. The summed E-state index contributed by atoms with van der Waals surface area (Å²) in [4.78, 5) is 15.8. The van der Waals surface area contributed by atoms with E-state index in [1.165, 1.54) is 30.6 Å². The Bertz CT molecular complexity index is 657. The van der Waals surface area contributed by atoms with Gasteiger partial charge in [0, 0.05) is 17.3 Å². The van der Waals surface area contributed by atoms with Gasteiger partial charge in [-0.15, -0.1) is 13.2 Å². The lowest BCUT2D eigenvalue weighted by atomic mass is 10.2. The maximum Gasteiger partial charge on any atom is 0.573 e. The van der Waals surface area contributed by atoms with Gasteiger partial charge >= 0.3 is 6.36 Å². The van der Waals surface area contributed by atoms with Gasteiger partial charge in [-0.1, -0.05) is 0 Å². The van der Waals surface area contributed by atoms with Gasteiger partial charge < -0.3 is 15.2 Å². The van der Waals surface area contributed by atoms with Crippen LogP contribution < -0.4 is 10.1 Å². The molecule has 0 aliphatic rings. The highest BCUT2D eigenvalue weighted by Gasteiger charge is 2.31. The lowest BCUT2D eigenvalue weighted by Gasteiger charge is -2.10. The maximum atomic E-state index is 12.0. The summed E-state index contributed by atoms with van der Waals surface area (Å²) in [6.07, 6.45) is -1.95. The van der Waals surface area contributed by atoms with Crippen molar-refractivity contribution in [1.29, 1.82) is 0 Å². The first-order chi connectivity index (χ1) is 10.4. The second-order valence-electron chi connectivity index (χ2n) is 4.22. The van der Waals surface area contributed by atoms with Crippen LogP contribution in [0.4, 0.5) is 18.9 Å². The van der Waals surface area contributed by atoms with Crippen molar-refractivity contribution < 1.29 is 27.8 Å². The SMILES string of the molecule is O=C(Nc1cnccc1CO)c1ccc(OC(F)(F)F)cc1. The number of aliphatic hydroxyl groups is 1. The van der Waals surface area contributed by atoms with Crippen molar-refractivity contribution in [1.82, 2.24) is 4.98 Å². The Hall–Kier alpha value is -2.61. The molecule has 5 nitrogen and oxygen atoms in total. The van der Waals surface area contributed by atoms with Gasteiger partial charge in [-0.05, 0) is 30.3 Å². The van der Waals surface area contributed by atoms with E-state index in [1.54, 1.807) is 0 Å². The summed E-state index contributed by atoms with van der Waals surface area (Å²) in [6.45, 7) is -0.281. The molecule has 1 amide bonds. The van der Waals surface area contributed by atoms with E-state index < -0.39 is 18.0 Å². The highest BCUT2D eigenvalue weighted by atomic mass is 19.4. The molecular weight excluding hydrogens is 301 g/mol. The van der Waals surface area contributed by atoms with E-state index >= 15 is 0 Å². The molecular formula is C14H11F3N2O3. The number of ether oxygens (including phenoxy) is 1. The predicted octanol–water partition coefficient (Wildman–Crippen LogP) is 2.72. The van der Waals surface area contributed by atoms with Gasteiger partial charge in [-0.25, -0.2) is 0 Å². The third-order valence-electron chi connectivity index (χ3n) is 2.68. The van der Waals surface area contributed by atoms with Crippen LogP contribution in [-0.4, -0.2) is 22.4 Å². The number of nitrogens with one attached hydrogen (secondary N) is 1. The van der Waals surface area contributed by atoms with Crippen LogP contribution >= 0.6 is 0 Å². The average molecular weight is 312 g/mol. The molecule has 0 aliphatic heterocycles. The predicted molar refractivity (Wildman–Crippen MR) is 71.2 cm³/mol. The monoisotopic (exact) mass is 312 g/mol. The molecule has 2 aromatic rings. The van der Waals surface area contributed by atoms with Gasteiger partial charge in [0.05, 0.1) is 18.5 Å². The smallest absolute Gasteiger partial charge is 0.406 e. The molecule has 22 heavy (non-hydrogen) atoms. The molecule has 0 fully saturated rings. The van der Waals surface area contributed by atoms with Crippen molar-refractivity contribution in [2.45, 2.75) is 13.0 Å². The van der Waals surface area contributed by atoms with E-state index in [0.717, 1.165) is 12.1 Å². The molecule has 0 unspecified atom stereocenters. The molecule has 0 saturated carbocycles. The number of aromatic nitrogens is 1. The topological polar surface area (TPSA) is 71.5 Å². The lowest BCUT2D eigenvalue weighted by molar-refractivity contribution is -0.274. The van der Waals surface area contributed by atoms with Crippen LogP contribution in [-0.2, 0) is 6.61 Å². The van der Waals surface area contributed by atoms with Crippen LogP contribution in [0.3, 0.4) is 0 Å². The molecule has 2 rings (SSSR count). The minimum atomic E-state index is -4.78. The zero-order valence-electron chi connectivity index (χ0n) is 11.1. The molecule has 1 aromatic heterocycles. The summed E-state index contributed by atoms with van der Waals surface area (Å²) in [5.74, 6) is -0.956. The van der Waals surface area contributed by atoms with Gasteiger partial charge in [0.25, 0.3) is 5.91 Å². The van der Waals surface area contributed by atoms with Gasteiger partial charge in [0.2, 0.25) is 0 Å². The number of hydrogen-bond acceptors (Lipinski definition) is 4. The Morgan fingerprint density at radius 3 is 2.50 bits per heavy atom. The van der Waals surface area contributed by atoms with Crippen molar-refractivity contribution in [3.05, 3.63) is 53.9 Å². The molecule has 0 atom stereocenters. The van der Waals surface area contributed by atoms with E-state index in [9.17, 15) is 18.0 Å². The normalized spacial score (nSPS) is 11.1. The molecule has 0 saturated heterocycles. The minimum Gasteiger partial charge on any atom is -0.406 e. The number of carbonyl (C=O) groups excluding carboxylic acids is 1. The fraction of sp³-hybridized carbons (Fsp3) is 0.143. The van der Waals surface area contributed by atoms with Gasteiger partial charge in [-0.3, -0.25) is 9.78 Å². The van der Waals surface area contributed by atoms with E-state index in [4.69, 9.17) is 5.11 Å². The summed E-state index contributed by atoms with van der Waals surface area (Å²) >= 11 is 0. The number of benzene rings is 1. The van der Waals surface area contributed by atoms with Crippen LogP contribution in [0.15, 0.2) is 42.7 Å². The number of halogens is 3. The molecule has 0 aliphatic carbocycles. The van der Waals surface area contributed by atoms with E-state index in [-0.39, 0.29) is 12.2 Å². The van der Waals surface area contributed by atoms with Crippen LogP contribution in [0.1, 0.15) is 15.9 Å². The second-order valence-corrected chi connectivity index (χ2v) is 4.22. The first-order valence-electron chi connectivity index (χ1n) is 6.10. The summed E-state index contributed by atoms with van der Waals surface area (Å²) in [7, 11) is 0. The third kappa shape index (κ3) is 4.19. The molecule has 116 valence electrons. The Kier molecular flexibility index (Phi) is 4.62. The Morgan fingerprint density at radius 2 is 1.91 bits per heavy atom. The summed E-state index contributed by atoms with van der Waals surface area (Å²) in [5, 5.41) is 11.7. The quantitative estimate of drug-likeness (QED) is 0.910. The number of anilines is 1. The molecule has 0 spiro atoms. The number of rotatable bonds is 4. The molecule has 2 N–H and O–H groups in total. The number of alkyl halides is 3. The average Bonchev–Trinajstić information content (AvgIpc) is 2.47. The Morgan fingerprint density at radius 1 is 1.23 bits per heavy atom. The summed E-state index contributed by atoms with van der Waals surface area (Å²) < 4.78 is 39.8. The van der Waals surface area contributed by atoms with Crippen molar-refractivity contribution in [3.63, 3.8) is 0 Å². The number of nitrogens with zero attached hydrogens (tertiary/aromatic N) is 1. The van der Waals surface area contributed by atoms with Crippen molar-refractivity contribution in [2.24, 2.45) is 0 Å². The largest absolute Gasteiger partial charge is 0.573 e. The van der Waals surface area contributed by atoms with Gasteiger partial charge in [0.1, 0.15) is 5.75 Å². The first-order valence-corrected chi connectivity index (χ1v) is 6.10. The van der Waals surface area contributed by atoms with Crippen LogP contribution in [0, 0.1) is 0 Å². The fourth-order valence-electron chi connectivity index (χ4n) is 1.68. The minimum absolute atomic E-state index is 0.141. The van der Waals surface area contributed by atoms with Crippen molar-refractivity contribution in [3.8, 4) is 5.75 Å². The van der Waals surface area contributed by atoms with Crippen LogP contribution in [0.25, 0.3) is 0 Å². The van der Waals surface area contributed by atoms with Gasteiger partial charge in [-0.2, -0.15) is 0 Å². The molecule has 0 bridgehead atoms. The van der Waals surface area contributed by atoms with Crippen LogP contribution in [0.2, 0.25) is 0 Å². The standard InChI is InChI=1S/C14H11F3N2O3/c15-14(16,17)22-11-3-1-9(2-4-11)13(21)19-12-7-18-6-5-10(12)8-20/h1-7,20H,8H2,(H,19,21). The zero-order chi connectivity index (χ0) is 16.2. The fourth-order valence-corrected chi connectivity index (χ4v) is 1.68. The van der Waals surface area contributed by atoms with E-state index in [2.05, 4.69) is 15.0 Å². The third-order valence-corrected chi connectivity index (χ3v) is 2.68. The van der Waals surface area contributed by atoms with Crippen molar-refractivity contribution >= 4 is 11.6 Å². The number of pyridine rings is 1. The van der Waals surface area contributed by atoms with Crippen LogP contribution in [0.5, 0.6) is 5.75 Å². The molecule has 8 heteroatoms. The Labute approximate surface area is 123 Å². The molecule has 1 aromatic carbocycles. The first kappa shape index (κ1) is 15.8. The Balaban J connectivity index is 2.10. The molecule has 1 heterocycles. The number of aliphatic hydroxyl groups excluding tert-OH is 1. The molecule has 0 radical (unpaired) electrons. The number of amides is 1. The summed E-state index contributed by atoms with van der Waals surface area (Å²) in [6, 6.07) is 6.02. The number of carbonyl (C=O) groups is 1. The zero-order valence-corrected chi connectivity index (χ0v) is 11.1. The number of hydrogen-bond donors (Lipinski definition) is 2. The second kappa shape index (κ2) is 6.44. The van der Waals surface area contributed by atoms with E-state index in [0.29, 0.717) is 11.3 Å².